The molecule has 0 aliphatic heterocycles. The van der Waals surface area contributed by atoms with Crippen LogP contribution in [0.5, 0.6) is 5.75 Å². The van der Waals surface area contributed by atoms with Gasteiger partial charge in [-0.15, -0.1) is 0 Å². The fourth-order valence-electron chi connectivity index (χ4n) is 3.95. The van der Waals surface area contributed by atoms with Gasteiger partial charge < -0.3 is 15.0 Å². The Balaban J connectivity index is 2.03. The Bertz CT molecular complexity index is 1400. The summed E-state index contributed by atoms with van der Waals surface area (Å²) in [6.45, 7) is 5.01. The average molecular weight is 556 g/mol. The van der Waals surface area contributed by atoms with Crippen LogP contribution in [0, 0.1) is 12.7 Å². The van der Waals surface area contributed by atoms with Crippen molar-refractivity contribution in [3.8, 4) is 5.75 Å². The lowest BCUT2D eigenvalue weighted by atomic mass is 10.1. The van der Waals surface area contributed by atoms with Crippen molar-refractivity contribution in [3.63, 3.8) is 0 Å². The molecule has 10 heteroatoms. The summed E-state index contributed by atoms with van der Waals surface area (Å²) in [5, 5.41) is 2.78. The predicted octanol–water partition coefficient (Wildman–Crippen LogP) is 4.28. The summed E-state index contributed by atoms with van der Waals surface area (Å²) in [5.74, 6) is -1.28. The molecule has 0 bridgehead atoms. The van der Waals surface area contributed by atoms with Gasteiger partial charge in [-0.2, -0.15) is 0 Å². The third-order valence-electron chi connectivity index (χ3n) is 6.21. The van der Waals surface area contributed by atoms with E-state index in [9.17, 15) is 22.4 Å². The van der Waals surface area contributed by atoms with Gasteiger partial charge in [0, 0.05) is 13.1 Å². The zero-order valence-corrected chi connectivity index (χ0v) is 23.4. The van der Waals surface area contributed by atoms with Crippen molar-refractivity contribution in [1.29, 1.82) is 0 Å². The fraction of sp³-hybridized carbons (Fsp3) is 0.310. The molecule has 3 rings (SSSR count). The van der Waals surface area contributed by atoms with E-state index >= 15 is 0 Å². The van der Waals surface area contributed by atoms with Gasteiger partial charge in [0.25, 0.3) is 10.0 Å². The summed E-state index contributed by atoms with van der Waals surface area (Å²) < 4.78 is 48.5. The number of para-hydroxylation sites is 1. The van der Waals surface area contributed by atoms with E-state index < -0.39 is 34.3 Å². The molecule has 0 aliphatic rings. The maximum Gasteiger partial charge on any atom is 0.264 e. The van der Waals surface area contributed by atoms with Gasteiger partial charge in [0.15, 0.2) is 0 Å². The number of methoxy groups -OCH3 is 1. The maximum absolute atomic E-state index is 14.9. The van der Waals surface area contributed by atoms with E-state index in [1.807, 2.05) is 13.8 Å². The molecule has 39 heavy (non-hydrogen) atoms. The van der Waals surface area contributed by atoms with Crippen LogP contribution in [0.2, 0.25) is 0 Å². The second kappa shape index (κ2) is 13.2. The molecule has 1 atom stereocenters. The first kappa shape index (κ1) is 29.6. The van der Waals surface area contributed by atoms with Crippen LogP contribution in [0.4, 0.5) is 10.1 Å². The number of ether oxygens (including phenoxy) is 1. The number of hydrogen-bond acceptors (Lipinski definition) is 5. The molecular formula is C29H34FN3O5S. The number of anilines is 1. The molecule has 0 aliphatic carbocycles. The van der Waals surface area contributed by atoms with E-state index in [1.54, 1.807) is 43.3 Å². The van der Waals surface area contributed by atoms with Crippen molar-refractivity contribution in [2.24, 2.45) is 0 Å². The Morgan fingerprint density at radius 2 is 1.72 bits per heavy atom. The minimum atomic E-state index is -4.34. The molecule has 3 aromatic carbocycles. The number of nitrogens with one attached hydrogen (secondary N) is 1. The highest BCUT2D eigenvalue weighted by Gasteiger charge is 2.33. The molecule has 2 amide bonds. The van der Waals surface area contributed by atoms with Crippen LogP contribution in [0.25, 0.3) is 0 Å². The summed E-state index contributed by atoms with van der Waals surface area (Å²) in [7, 11) is -2.82. The molecular weight excluding hydrogens is 521 g/mol. The first-order valence-electron chi connectivity index (χ1n) is 12.6. The van der Waals surface area contributed by atoms with Crippen LogP contribution in [-0.4, -0.2) is 51.4 Å². The molecule has 0 aromatic heterocycles. The first-order chi connectivity index (χ1) is 18.6. The molecule has 8 nitrogen and oxygen atoms in total. The lowest BCUT2D eigenvalue weighted by Crippen LogP contribution is -2.51. The second-order valence-corrected chi connectivity index (χ2v) is 11.0. The second-order valence-electron chi connectivity index (χ2n) is 9.12. The summed E-state index contributed by atoms with van der Waals surface area (Å²) in [4.78, 5) is 27.9. The average Bonchev–Trinajstić information content (AvgIpc) is 2.93. The quantitative estimate of drug-likeness (QED) is 0.360. The van der Waals surface area contributed by atoms with Crippen molar-refractivity contribution in [2.45, 2.75) is 44.7 Å². The van der Waals surface area contributed by atoms with Gasteiger partial charge in [-0.25, -0.2) is 12.8 Å². The highest BCUT2D eigenvalue weighted by atomic mass is 32.2. The van der Waals surface area contributed by atoms with E-state index in [4.69, 9.17) is 4.74 Å². The van der Waals surface area contributed by atoms with Crippen LogP contribution < -0.4 is 14.4 Å². The molecule has 1 N–H and O–H groups in total. The van der Waals surface area contributed by atoms with Gasteiger partial charge in [-0.05, 0) is 62.2 Å². The number of carbonyl (C=O) groups excluding carboxylic acids is 2. The number of rotatable bonds is 12. The van der Waals surface area contributed by atoms with Crippen molar-refractivity contribution >= 4 is 27.5 Å². The van der Waals surface area contributed by atoms with Crippen molar-refractivity contribution in [3.05, 3.63) is 89.7 Å². The third-order valence-corrected chi connectivity index (χ3v) is 7.99. The smallest absolute Gasteiger partial charge is 0.264 e. The maximum atomic E-state index is 14.9. The van der Waals surface area contributed by atoms with Crippen LogP contribution in [0.1, 0.15) is 31.4 Å². The zero-order chi connectivity index (χ0) is 28.6. The van der Waals surface area contributed by atoms with E-state index in [0.717, 1.165) is 15.9 Å². The topological polar surface area (TPSA) is 96.0 Å². The monoisotopic (exact) mass is 555 g/mol. The number of benzene rings is 3. The highest BCUT2D eigenvalue weighted by molar-refractivity contribution is 7.92. The lowest BCUT2D eigenvalue weighted by molar-refractivity contribution is -0.139. The summed E-state index contributed by atoms with van der Waals surface area (Å²) in [6, 6.07) is 17.5. The largest absolute Gasteiger partial charge is 0.497 e. The molecule has 0 radical (unpaired) electrons. The Morgan fingerprint density at radius 3 is 2.36 bits per heavy atom. The number of amides is 2. The zero-order valence-electron chi connectivity index (χ0n) is 22.6. The molecule has 208 valence electrons. The molecule has 0 saturated carbocycles. The van der Waals surface area contributed by atoms with E-state index in [1.165, 1.54) is 42.3 Å². The summed E-state index contributed by atoms with van der Waals surface area (Å²) >= 11 is 0. The van der Waals surface area contributed by atoms with Gasteiger partial charge in [0.05, 0.1) is 17.7 Å². The Kier molecular flexibility index (Phi) is 10.1. The van der Waals surface area contributed by atoms with Gasteiger partial charge in [-0.3, -0.25) is 13.9 Å². The van der Waals surface area contributed by atoms with E-state index in [-0.39, 0.29) is 23.0 Å². The Hall–Kier alpha value is -3.92. The van der Waals surface area contributed by atoms with Gasteiger partial charge in [0.2, 0.25) is 11.8 Å². The Morgan fingerprint density at radius 1 is 1.03 bits per heavy atom. The van der Waals surface area contributed by atoms with Crippen LogP contribution in [-0.2, 0) is 26.2 Å². The molecule has 0 fully saturated rings. The van der Waals surface area contributed by atoms with Crippen molar-refractivity contribution < 1.29 is 27.1 Å². The molecule has 0 heterocycles. The Labute approximate surface area is 229 Å². The first-order valence-corrected chi connectivity index (χ1v) is 14.1. The minimum Gasteiger partial charge on any atom is -0.497 e. The number of halogens is 1. The SMILES string of the molecule is CCCNC(=O)C(C)N(Cc1cccc(OC)c1)C(=O)CN(c1ccccc1F)S(=O)(=O)c1ccc(C)cc1. The molecule has 3 aromatic rings. The van der Waals surface area contributed by atoms with Gasteiger partial charge in [0.1, 0.15) is 24.2 Å². The van der Waals surface area contributed by atoms with Gasteiger partial charge >= 0.3 is 0 Å². The standard InChI is InChI=1S/C29H34FN3O5S/c1-5-17-31-29(35)22(3)32(19-23-9-8-10-24(18-23)38-4)28(34)20-33(27-12-7-6-11-26(27)30)39(36,37)25-15-13-21(2)14-16-25/h6-16,18,22H,5,17,19-20H2,1-4H3,(H,31,35). The molecule has 0 saturated heterocycles. The van der Waals surface area contributed by atoms with Crippen LogP contribution in [0.15, 0.2) is 77.7 Å². The van der Waals surface area contributed by atoms with E-state index in [0.29, 0.717) is 24.3 Å². The summed E-state index contributed by atoms with van der Waals surface area (Å²) in [6.07, 6.45) is 0.706. The highest BCUT2D eigenvalue weighted by Crippen LogP contribution is 2.27. The normalized spacial score (nSPS) is 11.9. The summed E-state index contributed by atoms with van der Waals surface area (Å²) in [5.41, 5.74) is 1.26. The van der Waals surface area contributed by atoms with Crippen molar-refractivity contribution in [2.75, 3.05) is 24.5 Å². The van der Waals surface area contributed by atoms with E-state index in [2.05, 4.69) is 5.32 Å². The lowest BCUT2D eigenvalue weighted by Gasteiger charge is -2.32. The third kappa shape index (κ3) is 7.35. The van der Waals surface area contributed by atoms with Crippen LogP contribution >= 0.6 is 0 Å². The predicted molar refractivity (Wildman–Crippen MR) is 148 cm³/mol. The fourth-order valence-corrected chi connectivity index (χ4v) is 5.37. The van der Waals surface area contributed by atoms with Gasteiger partial charge in [-0.1, -0.05) is 48.9 Å². The molecule has 0 spiro atoms. The number of aryl methyl sites for hydroxylation is 1. The number of nitrogens with zero attached hydrogens (tertiary/aromatic N) is 2. The van der Waals surface area contributed by atoms with Crippen LogP contribution in [0.3, 0.4) is 0 Å². The minimum absolute atomic E-state index is 0.00639. The number of carbonyl (C=O) groups is 2. The van der Waals surface area contributed by atoms with Crippen molar-refractivity contribution in [1.82, 2.24) is 10.2 Å². The number of sulfonamides is 1. The number of hydrogen-bond donors (Lipinski definition) is 1. The molecule has 1 unspecified atom stereocenters.